The third kappa shape index (κ3) is 2.37. The van der Waals surface area contributed by atoms with E-state index < -0.39 is 11.7 Å². The molecule has 9 heteroatoms. The van der Waals surface area contributed by atoms with E-state index in [0.29, 0.717) is 28.4 Å². The number of carbonyl (C=O) groups is 1. The van der Waals surface area contributed by atoms with Crippen molar-refractivity contribution < 1.29 is 9.90 Å². The summed E-state index contributed by atoms with van der Waals surface area (Å²) in [6, 6.07) is 11.7. The van der Waals surface area contributed by atoms with Crippen molar-refractivity contribution in [3.05, 3.63) is 77.1 Å². The van der Waals surface area contributed by atoms with E-state index in [1.54, 1.807) is 18.3 Å². The van der Waals surface area contributed by atoms with Crippen LogP contribution in [0.3, 0.4) is 0 Å². The van der Waals surface area contributed by atoms with Gasteiger partial charge in [0.2, 0.25) is 0 Å². The maximum atomic E-state index is 12.5. The zero-order valence-corrected chi connectivity index (χ0v) is 14.3. The standard InChI is InChI=1S/C19H12N6O3/c26-18(27)11-4-3-5-12(8-11)25-17-13(22-19(25)28)9-21-16(23-17)14-10-20-15-6-1-2-7-24(14)15/h1-10H,(H,22,28)(H,26,27). The molecule has 0 unspecified atom stereocenters. The summed E-state index contributed by atoms with van der Waals surface area (Å²) < 4.78 is 3.18. The van der Waals surface area contributed by atoms with E-state index in [0.717, 1.165) is 5.65 Å². The average molecular weight is 372 g/mol. The molecule has 1 aromatic carbocycles. The van der Waals surface area contributed by atoms with Crippen molar-refractivity contribution in [2.75, 3.05) is 0 Å². The molecule has 0 spiro atoms. The third-order valence-electron chi connectivity index (χ3n) is 4.42. The predicted octanol–water partition coefficient (Wildman–Crippen LogP) is 2.12. The Morgan fingerprint density at radius 1 is 1.07 bits per heavy atom. The van der Waals surface area contributed by atoms with E-state index >= 15 is 0 Å². The Balaban J connectivity index is 1.74. The van der Waals surface area contributed by atoms with Crippen molar-refractivity contribution in [3.63, 3.8) is 0 Å². The van der Waals surface area contributed by atoms with Gasteiger partial charge in [0, 0.05) is 6.20 Å². The van der Waals surface area contributed by atoms with Crippen LogP contribution in [0.15, 0.2) is 65.8 Å². The first-order chi connectivity index (χ1) is 13.6. The molecular weight excluding hydrogens is 360 g/mol. The number of hydrogen-bond donors (Lipinski definition) is 2. The number of aromatic nitrogens is 6. The summed E-state index contributed by atoms with van der Waals surface area (Å²) in [5, 5.41) is 9.23. The molecule has 4 heterocycles. The number of aromatic amines is 1. The Labute approximate surface area is 156 Å². The molecule has 2 N–H and O–H groups in total. The van der Waals surface area contributed by atoms with Crippen molar-refractivity contribution in [2.24, 2.45) is 0 Å². The molecule has 0 aliphatic rings. The van der Waals surface area contributed by atoms with Gasteiger partial charge in [-0.05, 0) is 30.3 Å². The highest BCUT2D eigenvalue weighted by Crippen LogP contribution is 2.20. The lowest BCUT2D eigenvalue weighted by molar-refractivity contribution is 0.0697. The number of H-pyrrole nitrogens is 1. The molecule has 9 nitrogen and oxygen atoms in total. The van der Waals surface area contributed by atoms with Crippen LogP contribution in [0.5, 0.6) is 0 Å². The molecule has 0 saturated heterocycles. The number of fused-ring (bicyclic) bond motifs is 2. The van der Waals surface area contributed by atoms with Gasteiger partial charge in [-0.1, -0.05) is 12.1 Å². The molecule has 136 valence electrons. The van der Waals surface area contributed by atoms with Crippen LogP contribution in [0.4, 0.5) is 0 Å². The monoisotopic (exact) mass is 372 g/mol. The van der Waals surface area contributed by atoms with Gasteiger partial charge in [-0.3, -0.25) is 4.40 Å². The molecular formula is C19H12N6O3. The second-order valence-electron chi connectivity index (χ2n) is 6.12. The van der Waals surface area contributed by atoms with Gasteiger partial charge in [0.05, 0.1) is 23.6 Å². The van der Waals surface area contributed by atoms with Crippen LogP contribution < -0.4 is 5.69 Å². The maximum absolute atomic E-state index is 12.5. The summed E-state index contributed by atoms with van der Waals surface area (Å²) in [6.45, 7) is 0. The first-order valence-corrected chi connectivity index (χ1v) is 8.36. The number of nitrogens with zero attached hydrogens (tertiary/aromatic N) is 5. The van der Waals surface area contributed by atoms with E-state index in [1.807, 2.05) is 28.8 Å². The number of benzene rings is 1. The molecule has 0 saturated carbocycles. The number of rotatable bonds is 3. The summed E-state index contributed by atoms with van der Waals surface area (Å²) >= 11 is 0. The first-order valence-electron chi connectivity index (χ1n) is 8.36. The second-order valence-corrected chi connectivity index (χ2v) is 6.12. The molecule has 0 atom stereocenters. The highest BCUT2D eigenvalue weighted by atomic mass is 16.4. The van der Waals surface area contributed by atoms with E-state index in [9.17, 15) is 14.7 Å². The van der Waals surface area contributed by atoms with E-state index in [-0.39, 0.29) is 5.56 Å². The lowest BCUT2D eigenvalue weighted by Crippen LogP contribution is -2.15. The van der Waals surface area contributed by atoms with E-state index in [2.05, 4.69) is 19.9 Å². The van der Waals surface area contributed by atoms with Crippen LogP contribution in [0, 0.1) is 0 Å². The second kappa shape index (κ2) is 5.88. The molecule has 0 bridgehead atoms. The lowest BCUT2D eigenvalue weighted by atomic mass is 10.2. The predicted molar refractivity (Wildman–Crippen MR) is 101 cm³/mol. The fourth-order valence-corrected chi connectivity index (χ4v) is 3.14. The van der Waals surface area contributed by atoms with Crippen LogP contribution in [-0.2, 0) is 0 Å². The number of imidazole rings is 2. The molecule has 0 amide bonds. The Kier molecular flexibility index (Phi) is 3.35. The minimum Gasteiger partial charge on any atom is -0.478 e. The number of carboxylic acids is 1. The smallest absolute Gasteiger partial charge is 0.335 e. The minimum atomic E-state index is -1.07. The van der Waals surface area contributed by atoms with Crippen LogP contribution in [0.1, 0.15) is 10.4 Å². The summed E-state index contributed by atoms with van der Waals surface area (Å²) in [5.74, 6) is -0.677. The first kappa shape index (κ1) is 15.9. The van der Waals surface area contributed by atoms with Crippen LogP contribution in [-0.4, -0.2) is 40.0 Å². The average Bonchev–Trinajstić information content (AvgIpc) is 3.27. The number of carboxylic acid groups (broad SMARTS) is 1. The zero-order valence-electron chi connectivity index (χ0n) is 14.3. The van der Waals surface area contributed by atoms with Gasteiger partial charge < -0.3 is 10.1 Å². The van der Waals surface area contributed by atoms with E-state index in [1.165, 1.54) is 22.9 Å². The Hall–Kier alpha value is -4.27. The molecule has 28 heavy (non-hydrogen) atoms. The normalized spacial score (nSPS) is 11.3. The summed E-state index contributed by atoms with van der Waals surface area (Å²) in [5.41, 5.74) is 2.28. The number of pyridine rings is 1. The van der Waals surface area contributed by atoms with E-state index in [4.69, 9.17) is 0 Å². The number of nitrogens with one attached hydrogen (secondary N) is 1. The van der Waals surface area contributed by atoms with Crippen molar-refractivity contribution >= 4 is 22.8 Å². The van der Waals surface area contributed by atoms with Gasteiger partial charge in [0.15, 0.2) is 11.5 Å². The molecule has 4 aromatic heterocycles. The fourth-order valence-electron chi connectivity index (χ4n) is 3.14. The Morgan fingerprint density at radius 3 is 2.82 bits per heavy atom. The molecule has 0 radical (unpaired) electrons. The van der Waals surface area contributed by atoms with Crippen molar-refractivity contribution in [2.45, 2.75) is 0 Å². The lowest BCUT2D eigenvalue weighted by Gasteiger charge is -2.05. The Morgan fingerprint density at radius 2 is 1.96 bits per heavy atom. The summed E-state index contributed by atoms with van der Waals surface area (Å²) in [7, 11) is 0. The Bertz CT molecular complexity index is 1430. The van der Waals surface area contributed by atoms with Gasteiger partial charge in [-0.15, -0.1) is 0 Å². The third-order valence-corrected chi connectivity index (χ3v) is 4.42. The van der Waals surface area contributed by atoms with Crippen molar-refractivity contribution in [1.29, 1.82) is 0 Å². The maximum Gasteiger partial charge on any atom is 0.335 e. The minimum absolute atomic E-state index is 0.0785. The van der Waals surface area contributed by atoms with Crippen LogP contribution >= 0.6 is 0 Å². The molecule has 0 aliphatic carbocycles. The quantitative estimate of drug-likeness (QED) is 0.501. The largest absolute Gasteiger partial charge is 0.478 e. The summed E-state index contributed by atoms with van der Waals surface area (Å²) in [4.78, 5) is 39.7. The number of aromatic carboxylic acids is 1. The number of hydrogen-bond acceptors (Lipinski definition) is 5. The zero-order chi connectivity index (χ0) is 19.3. The van der Waals surface area contributed by atoms with Gasteiger partial charge in [-0.25, -0.2) is 29.1 Å². The molecule has 0 fully saturated rings. The summed E-state index contributed by atoms with van der Waals surface area (Å²) in [6.07, 6.45) is 5.04. The van der Waals surface area contributed by atoms with Crippen LogP contribution in [0.2, 0.25) is 0 Å². The molecule has 0 aliphatic heterocycles. The van der Waals surface area contributed by atoms with Gasteiger partial charge >= 0.3 is 11.7 Å². The van der Waals surface area contributed by atoms with Gasteiger partial charge in [0.25, 0.3) is 0 Å². The van der Waals surface area contributed by atoms with Crippen LogP contribution in [0.25, 0.3) is 34.0 Å². The highest BCUT2D eigenvalue weighted by molar-refractivity contribution is 5.88. The highest BCUT2D eigenvalue weighted by Gasteiger charge is 2.15. The molecule has 5 rings (SSSR count). The molecule has 5 aromatic rings. The van der Waals surface area contributed by atoms with Crippen molar-refractivity contribution in [1.82, 2.24) is 28.9 Å². The topological polar surface area (TPSA) is 118 Å². The SMILES string of the molecule is O=C(O)c1cccc(-n2c(=O)[nH]c3cnc(-c4cnc5ccccn45)nc32)c1. The van der Waals surface area contributed by atoms with Gasteiger partial charge in [0.1, 0.15) is 16.9 Å². The fraction of sp³-hybridized carbons (Fsp3) is 0. The van der Waals surface area contributed by atoms with Gasteiger partial charge in [-0.2, -0.15) is 0 Å². The van der Waals surface area contributed by atoms with Crippen molar-refractivity contribution in [3.8, 4) is 17.2 Å².